The van der Waals surface area contributed by atoms with Crippen LogP contribution in [0.1, 0.15) is 18.4 Å². The van der Waals surface area contributed by atoms with Gasteiger partial charge < -0.3 is 10.2 Å². The van der Waals surface area contributed by atoms with E-state index < -0.39 is 16.1 Å². The number of nitrogens with two attached hydrogens (primary N) is 1. The Hall–Kier alpha value is -1.93. The van der Waals surface area contributed by atoms with Gasteiger partial charge in [0.2, 0.25) is 21.8 Å². The second-order valence-corrected chi connectivity index (χ2v) is 6.85. The van der Waals surface area contributed by atoms with Crippen molar-refractivity contribution in [3.63, 3.8) is 0 Å². The minimum absolute atomic E-state index is 0.0151. The summed E-state index contributed by atoms with van der Waals surface area (Å²) in [7, 11) is -2.05. The van der Waals surface area contributed by atoms with Crippen LogP contribution < -0.4 is 10.5 Å². The third-order valence-electron chi connectivity index (χ3n) is 3.76. The smallest absolute Gasteiger partial charge is 0.242 e. The van der Waals surface area contributed by atoms with Crippen molar-refractivity contribution in [1.29, 1.82) is 0 Å². The summed E-state index contributed by atoms with van der Waals surface area (Å²) in [5, 5.41) is 7.82. The van der Waals surface area contributed by atoms with Crippen LogP contribution in [0.3, 0.4) is 0 Å². The monoisotopic (exact) mass is 325 g/mol. The fraction of sp³-hybridized carbons (Fsp3) is 0.429. The van der Waals surface area contributed by atoms with Crippen molar-refractivity contribution in [2.24, 2.45) is 5.14 Å². The average molecular weight is 325 g/mol. The molecule has 1 fully saturated rings. The van der Waals surface area contributed by atoms with E-state index in [4.69, 9.17) is 5.14 Å². The predicted octanol–water partition coefficient (Wildman–Crippen LogP) is -0.386. The Balaban J connectivity index is 1.84. The van der Waals surface area contributed by atoms with E-state index in [1.165, 1.54) is 17.0 Å². The van der Waals surface area contributed by atoms with Crippen molar-refractivity contribution in [3.8, 4) is 0 Å². The zero-order chi connectivity index (χ0) is 16.3. The topological polar surface area (TPSA) is 110 Å². The molecule has 0 bridgehead atoms. The van der Waals surface area contributed by atoms with Crippen LogP contribution in [0.4, 0.5) is 0 Å². The fourth-order valence-corrected chi connectivity index (χ4v) is 2.92. The number of carbonyl (C=O) groups excluding carboxylic acids is 2. The molecule has 0 aliphatic carbocycles. The first-order valence-electron chi connectivity index (χ1n) is 6.94. The average Bonchev–Trinajstić information content (AvgIpc) is 2.78. The van der Waals surface area contributed by atoms with Crippen LogP contribution in [0.5, 0.6) is 0 Å². The molecule has 1 atom stereocenters. The number of likely N-dealkylation sites (tertiary alicyclic amines) is 1. The molecule has 22 heavy (non-hydrogen) atoms. The molecular formula is C14H19N3O4S. The van der Waals surface area contributed by atoms with Gasteiger partial charge in [-0.2, -0.15) is 0 Å². The molecule has 120 valence electrons. The first kappa shape index (κ1) is 16.4. The Morgan fingerprint density at radius 2 is 2.00 bits per heavy atom. The summed E-state index contributed by atoms with van der Waals surface area (Å²) >= 11 is 0. The molecule has 1 heterocycles. The lowest BCUT2D eigenvalue weighted by molar-refractivity contribution is -0.133. The summed E-state index contributed by atoms with van der Waals surface area (Å²) in [5.74, 6) is -0.173. The van der Waals surface area contributed by atoms with E-state index in [1.54, 1.807) is 19.2 Å². The Kier molecular flexibility index (Phi) is 4.82. The SMILES string of the molecule is CN1C(=O)CCC1C(=O)NCCc1ccc(S(N)(=O)=O)cc1. The fourth-order valence-electron chi connectivity index (χ4n) is 2.40. The van der Waals surface area contributed by atoms with Crippen molar-refractivity contribution < 1.29 is 18.0 Å². The van der Waals surface area contributed by atoms with Crippen LogP contribution in [-0.2, 0) is 26.0 Å². The highest BCUT2D eigenvalue weighted by Gasteiger charge is 2.32. The summed E-state index contributed by atoms with van der Waals surface area (Å²) in [6.07, 6.45) is 1.52. The van der Waals surface area contributed by atoms with E-state index >= 15 is 0 Å². The number of hydrogen-bond donors (Lipinski definition) is 2. The van der Waals surface area contributed by atoms with Gasteiger partial charge in [-0.1, -0.05) is 12.1 Å². The zero-order valence-electron chi connectivity index (χ0n) is 12.3. The van der Waals surface area contributed by atoms with Crippen molar-refractivity contribution >= 4 is 21.8 Å². The van der Waals surface area contributed by atoms with E-state index in [9.17, 15) is 18.0 Å². The van der Waals surface area contributed by atoms with Crippen LogP contribution in [-0.4, -0.2) is 44.8 Å². The molecule has 3 N–H and O–H groups in total. The van der Waals surface area contributed by atoms with Gasteiger partial charge in [-0.3, -0.25) is 9.59 Å². The summed E-state index contributed by atoms with van der Waals surface area (Å²) < 4.78 is 22.3. The lowest BCUT2D eigenvalue weighted by Crippen LogP contribution is -2.43. The maximum absolute atomic E-state index is 12.0. The van der Waals surface area contributed by atoms with E-state index in [0.29, 0.717) is 25.8 Å². The van der Waals surface area contributed by atoms with E-state index in [2.05, 4.69) is 5.32 Å². The van der Waals surface area contributed by atoms with Crippen LogP contribution in [0.15, 0.2) is 29.2 Å². The molecule has 8 heteroatoms. The first-order valence-corrected chi connectivity index (χ1v) is 8.49. The number of nitrogens with zero attached hydrogens (tertiary/aromatic N) is 1. The van der Waals surface area contributed by atoms with Gasteiger partial charge in [-0.05, 0) is 30.5 Å². The highest BCUT2D eigenvalue weighted by atomic mass is 32.2. The highest BCUT2D eigenvalue weighted by Crippen LogP contribution is 2.16. The van der Waals surface area contributed by atoms with Crippen molar-refractivity contribution in [2.75, 3.05) is 13.6 Å². The Morgan fingerprint density at radius 3 is 2.50 bits per heavy atom. The Labute approximate surface area is 129 Å². The van der Waals surface area contributed by atoms with Crippen molar-refractivity contribution in [3.05, 3.63) is 29.8 Å². The Morgan fingerprint density at radius 1 is 1.36 bits per heavy atom. The van der Waals surface area contributed by atoms with E-state index in [-0.39, 0.29) is 16.7 Å². The molecule has 2 amide bonds. The number of benzene rings is 1. The molecule has 2 rings (SSSR count). The van der Waals surface area contributed by atoms with Gasteiger partial charge in [0, 0.05) is 20.0 Å². The van der Waals surface area contributed by atoms with Crippen LogP contribution in [0.2, 0.25) is 0 Å². The molecule has 1 aromatic rings. The quantitative estimate of drug-likeness (QED) is 0.768. The van der Waals surface area contributed by atoms with Gasteiger partial charge in [-0.25, -0.2) is 13.6 Å². The van der Waals surface area contributed by atoms with Crippen LogP contribution in [0.25, 0.3) is 0 Å². The molecule has 0 aromatic heterocycles. The lowest BCUT2D eigenvalue weighted by Gasteiger charge is -2.19. The molecular weight excluding hydrogens is 306 g/mol. The molecule has 0 radical (unpaired) electrons. The van der Waals surface area contributed by atoms with Gasteiger partial charge in [-0.15, -0.1) is 0 Å². The van der Waals surface area contributed by atoms with Crippen LogP contribution in [0, 0.1) is 0 Å². The molecule has 0 spiro atoms. The number of carbonyl (C=O) groups is 2. The van der Waals surface area contributed by atoms with Gasteiger partial charge in [0.1, 0.15) is 6.04 Å². The molecule has 1 saturated heterocycles. The number of sulfonamides is 1. The van der Waals surface area contributed by atoms with Gasteiger partial charge in [0.25, 0.3) is 0 Å². The highest BCUT2D eigenvalue weighted by molar-refractivity contribution is 7.89. The summed E-state index contributed by atoms with van der Waals surface area (Å²) in [4.78, 5) is 24.9. The minimum Gasteiger partial charge on any atom is -0.354 e. The summed E-state index contributed by atoms with van der Waals surface area (Å²) in [6.45, 7) is 0.423. The van der Waals surface area contributed by atoms with Gasteiger partial charge >= 0.3 is 0 Å². The number of rotatable bonds is 5. The summed E-state index contributed by atoms with van der Waals surface area (Å²) in [5.41, 5.74) is 0.892. The van der Waals surface area contributed by atoms with Crippen molar-refractivity contribution in [1.82, 2.24) is 10.2 Å². The number of hydrogen-bond acceptors (Lipinski definition) is 4. The second-order valence-electron chi connectivity index (χ2n) is 5.29. The largest absolute Gasteiger partial charge is 0.354 e. The minimum atomic E-state index is -3.68. The maximum atomic E-state index is 12.0. The normalized spacial score (nSPS) is 18.5. The maximum Gasteiger partial charge on any atom is 0.242 e. The van der Waals surface area contributed by atoms with E-state index in [1.807, 2.05) is 0 Å². The number of primary sulfonamides is 1. The van der Waals surface area contributed by atoms with Crippen molar-refractivity contribution in [2.45, 2.75) is 30.2 Å². The van der Waals surface area contributed by atoms with Gasteiger partial charge in [0.05, 0.1) is 4.90 Å². The Bertz CT molecular complexity index is 670. The van der Waals surface area contributed by atoms with Crippen LogP contribution >= 0.6 is 0 Å². The lowest BCUT2D eigenvalue weighted by atomic mass is 10.1. The molecule has 1 aliphatic rings. The molecule has 0 saturated carbocycles. The standard InChI is InChI=1S/C14H19N3O4S/c1-17-12(6-7-13(17)18)14(19)16-9-8-10-2-4-11(5-3-10)22(15,20)21/h2-5,12H,6-9H2,1H3,(H,16,19)(H2,15,20,21). The molecule has 1 aromatic carbocycles. The zero-order valence-corrected chi connectivity index (χ0v) is 13.1. The number of amides is 2. The molecule has 1 unspecified atom stereocenters. The van der Waals surface area contributed by atoms with Gasteiger partial charge in [0.15, 0.2) is 0 Å². The number of likely N-dealkylation sites (N-methyl/N-ethyl adjacent to an activating group) is 1. The number of nitrogens with one attached hydrogen (secondary N) is 1. The molecule has 1 aliphatic heterocycles. The second kappa shape index (κ2) is 6.45. The van der Waals surface area contributed by atoms with E-state index in [0.717, 1.165) is 5.56 Å². The third kappa shape index (κ3) is 3.83. The first-order chi connectivity index (χ1) is 10.3. The predicted molar refractivity (Wildman–Crippen MR) is 80.3 cm³/mol. The third-order valence-corrected chi connectivity index (χ3v) is 4.69. The summed E-state index contributed by atoms with van der Waals surface area (Å²) in [6, 6.07) is 5.82. The molecule has 7 nitrogen and oxygen atoms in total.